The van der Waals surface area contributed by atoms with Gasteiger partial charge in [-0.15, -0.1) is 0 Å². The minimum absolute atomic E-state index is 0.000773. The monoisotopic (exact) mass is 248 g/mol. The molecule has 0 spiro atoms. The molecule has 7 nitrogen and oxygen atoms in total. The van der Waals surface area contributed by atoms with E-state index in [0.717, 1.165) is 0 Å². The van der Waals surface area contributed by atoms with Crippen LogP contribution in [0, 0.1) is 22.7 Å². The molecule has 1 N–H and O–H groups in total. The van der Waals surface area contributed by atoms with Gasteiger partial charge in [-0.1, -0.05) is 0 Å². The normalized spacial score (nSPS) is 11.3. The van der Waals surface area contributed by atoms with Crippen LogP contribution < -0.4 is 0 Å². The topological polar surface area (TPSA) is 112 Å². The molecule has 0 saturated heterocycles. The number of aliphatic hydroxyl groups is 1. The van der Waals surface area contributed by atoms with Crippen LogP contribution >= 0.6 is 0 Å². The van der Waals surface area contributed by atoms with Crippen molar-refractivity contribution in [2.75, 3.05) is 6.61 Å². The van der Waals surface area contributed by atoms with Gasteiger partial charge in [0.05, 0.1) is 32.0 Å². The molecular formula is C11H12N4O3. The fourth-order valence-electron chi connectivity index (χ4n) is 1.42. The molecule has 0 radical (unpaired) electrons. The van der Waals surface area contributed by atoms with Gasteiger partial charge >= 0.3 is 5.97 Å². The lowest BCUT2D eigenvalue weighted by molar-refractivity contribution is -0.145. The lowest BCUT2D eigenvalue weighted by Gasteiger charge is -2.10. The first-order valence-corrected chi connectivity index (χ1v) is 5.31. The van der Waals surface area contributed by atoms with Crippen molar-refractivity contribution in [2.24, 2.45) is 0 Å². The van der Waals surface area contributed by atoms with Crippen molar-refractivity contribution in [1.82, 2.24) is 9.55 Å². The molecule has 1 rings (SSSR count). The van der Waals surface area contributed by atoms with Crippen LogP contribution in [0.3, 0.4) is 0 Å². The second-order valence-electron chi connectivity index (χ2n) is 3.48. The van der Waals surface area contributed by atoms with Gasteiger partial charge < -0.3 is 14.4 Å². The van der Waals surface area contributed by atoms with E-state index in [-0.39, 0.29) is 31.0 Å². The molecule has 1 aromatic rings. The van der Waals surface area contributed by atoms with Gasteiger partial charge in [0.25, 0.3) is 0 Å². The highest BCUT2D eigenvalue weighted by Gasteiger charge is 2.16. The molecule has 1 unspecified atom stereocenters. The Hall–Kier alpha value is -2.38. The third-order valence-electron chi connectivity index (χ3n) is 2.16. The van der Waals surface area contributed by atoms with Crippen molar-refractivity contribution in [3.63, 3.8) is 0 Å². The Morgan fingerprint density at radius 1 is 1.61 bits per heavy atom. The number of aliphatic hydroxyl groups excluding tert-OH is 1. The Morgan fingerprint density at radius 3 is 2.89 bits per heavy atom. The van der Waals surface area contributed by atoms with Gasteiger partial charge in [0.15, 0.2) is 11.4 Å². The zero-order valence-electron chi connectivity index (χ0n) is 9.83. The summed E-state index contributed by atoms with van der Waals surface area (Å²) in [5, 5.41) is 27.2. The lowest BCUT2D eigenvalue weighted by atomic mass is 10.2. The van der Waals surface area contributed by atoms with Crippen molar-refractivity contribution in [1.29, 1.82) is 10.5 Å². The average molecular weight is 248 g/mol. The molecule has 94 valence electrons. The van der Waals surface area contributed by atoms with Gasteiger partial charge in [-0.3, -0.25) is 4.79 Å². The molecular weight excluding hydrogens is 236 g/mol. The molecule has 0 amide bonds. The number of esters is 1. The van der Waals surface area contributed by atoms with Crippen LogP contribution in [0.1, 0.15) is 24.7 Å². The molecule has 1 heterocycles. The van der Waals surface area contributed by atoms with E-state index in [0.29, 0.717) is 0 Å². The number of hydrogen-bond donors (Lipinski definition) is 1. The zero-order chi connectivity index (χ0) is 13.5. The van der Waals surface area contributed by atoms with Crippen molar-refractivity contribution in [2.45, 2.75) is 26.0 Å². The van der Waals surface area contributed by atoms with Crippen LogP contribution in [0.25, 0.3) is 0 Å². The largest absolute Gasteiger partial charge is 0.466 e. The maximum Gasteiger partial charge on any atom is 0.308 e. The molecule has 0 fully saturated rings. The molecule has 1 aromatic heterocycles. The van der Waals surface area contributed by atoms with Crippen molar-refractivity contribution < 1.29 is 14.6 Å². The first kappa shape index (κ1) is 13.7. The summed E-state index contributed by atoms with van der Waals surface area (Å²) in [4.78, 5) is 14.9. The number of carbonyl (C=O) groups is 1. The number of carbonyl (C=O) groups excluding carboxylic acids is 1. The first-order chi connectivity index (χ1) is 8.62. The standard InChI is InChI=1S/C11H12N4O3/c1-2-18-11(17)3-8(16)6-15-7-14-9(4-12)10(15)5-13/h7-8,16H,2-3,6H2,1H3. The summed E-state index contributed by atoms with van der Waals surface area (Å²) in [7, 11) is 0. The van der Waals surface area contributed by atoms with E-state index in [1.807, 2.05) is 6.07 Å². The molecule has 18 heavy (non-hydrogen) atoms. The number of ether oxygens (including phenoxy) is 1. The van der Waals surface area contributed by atoms with E-state index >= 15 is 0 Å². The van der Waals surface area contributed by atoms with Crippen molar-refractivity contribution in [3.8, 4) is 12.1 Å². The van der Waals surface area contributed by atoms with E-state index in [4.69, 9.17) is 15.3 Å². The maximum atomic E-state index is 11.1. The van der Waals surface area contributed by atoms with Gasteiger partial charge in [0.2, 0.25) is 0 Å². The van der Waals surface area contributed by atoms with Crippen molar-refractivity contribution in [3.05, 3.63) is 17.7 Å². The number of nitrogens with zero attached hydrogens (tertiary/aromatic N) is 4. The number of aromatic nitrogens is 2. The van der Waals surface area contributed by atoms with Crippen LogP contribution in [0.4, 0.5) is 0 Å². The van der Waals surface area contributed by atoms with Crippen LogP contribution in [-0.2, 0) is 16.1 Å². The fourth-order valence-corrected chi connectivity index (χ4v) is 1.42. The second-order valence-corrected chi connectivity index (χ2v) is 3.48. The number of rotatable bonds is 5. The predicted octanol–water partition coefficient (Wildman–Crippen LogP) is -0.0594. The Kier molecular flexibility index (Phi) is 4.85. The molecule has 7 heteroatoms. The van der Waals surface area contributed by atoms with Gasteiger partial charge in [-0.25, -0.2) is 4.98 Å². The average Bonchev–Trinajstić information content (AvgIpc) is 2.70. The minimum Gasteiger partial charge on any atom is -0.466 e. The van der Waals surface area contributed by atoms with E-state index < -0.39 is 12.1 Å². The highest BCUT2D eigenvalue weighted by molar-refractivity contribution is 5.69. The van der Waals surface area contributed by atoms with Gasteiger partial charge in [-0.2, -0.15) is 10.5 Å². The summed E-state index contributed by atoms with van der Waals surface area (Å²) < 4.78 is 6.03. The quantitative estimate of drug-likeness (QED) is 0.730. The van der Waals surface area contributed by atoms with E-state index in [1.54, 1.807) is 13.0 Å². The summed E-state index contributed by atoms with van der Waals surface area (Å²) in [5.41, 5.74) is 0.0706. The predicted molar refractivity (Wildman–Crippen MR) is 58.9 cm³/mol. The maximum absolute atomic E-state index is 11.1. The molecule has 0 bridgehead atoms. The summed E-state index contributed by atoms with van der Waals surface area (Å²) >= 11 is 0. The minimum atomic E-state index is -0.989. The molecule has 0 aliphatic heterocycles. The van der Waals surface area contributed by atoms with Gasteiger partial charge in [-0.05, 0) is 6.92 Å². The van der Waals surface area contributed by atoms with Gasteiger partial charge in [0, 0.05) is 0 Å². The summed E-state index contributed by atoms with van der Waals surface area (Å²) in [6, 6.07) is 3.60. The first-order valence-electron chi connectivity index (χ1n) is 5.31. The second kappa shape index (κ2) is 6.38. The SMILES string of the molecule is CCOC(=O)CC(O)Cn1cnc(C#N)c1C#N. The van der Waals surface area contributed by atoms with E-state index in [1.165, 1.54) is 10.9 Å². The molecule has 0 aliphatic rings. The van der Waals surface area contributed by atoms with Crippen LogP contribution in [0.5, 0.6) is 0 Å². The molecule has 0 aliphatic carbocycles. The zero-order valence-corrected chi connectivity index (χ0v) is 9.83. The molecule has 0 aromatic carbocycles. The number of nitriles is 2. The Bertz CT molecular complexity index is 509. The number of imidazole rings is 1. The Balaban J connectivity index is 2.69. The Labute approximate surface area is 104 Å². The summed E-state index contributed by atoms with van der Waals surface area (Å²) in [6.45, 7) is 1.93. The summed E-state index contributed by atoms with van der Waals surface area (Å²) in [6.07, 6.45) is 0.126. The van der Waals surface area contributed by atoms with Crippen molar-refractivity contribution >= 4 is 5.97 Å². The third-order valence-corrected chi connectivity index (χ3v) is 2.16. The molecule has 1 atom stereocenters. The number of hydrogen-bond acceptors (Lipinski definition) is 6. The lowest BCUT2D eigenvalue weighted by Crippen LogP contribution is -2.21. The highest BCUT2D eigenvalue weighted by atomic mass is 16.5. The smallest absolute Gasteiger partial charge is 0.308 e. The van der Waals surface area contributed by atoms with Crippen LogP contribution in [0.2, 0.25) is 0 Å². The fraction of sp³-hybridized carbons (Fsp3) is 0.455. The third kappa shape index (κ3) is 3.30. The van der Waals surface area contributed by atoms with Crippen LogP contribution in [-0.4, -0.2) is 33.3 Å². The van der Waals surface area contributed by atoms with Crippen LogP contribution in [0.15, 0.2) is 6.33 Å². The van der Waals surface area contributed by atoms with E-state index in [9.17, 15) is 9.90 Å². The summed E-state index contributed by atoms with van der Waals surface area (Å²) in [5.74, 6) is -0.510. The highest BCUT2D eigenvalue weighted by Crippen LogP contribution is 2.07. The van der Waals surface area contributed by atoms with E-state index in [2.05, 4.69) is 4.98 Å². The molecule has 0 saturated carbocycles. The van der Waals surface area contributed by atoms with Gasteiger partial charge in [0.1, 0.15) is 12.1 Å². The Morgan fingerprint density at radius 2 is 2.33 bits per heavy atom.